The molecule has 0 spiro atoms. The Morgan fingerprint density at radius 3 is 1.88 bits per heavy atom. The molecule has 0 unspecified atom stereocenters. The van der Waals surface area contributed by atoms with Crippen molar-refractivity contribution in [3.05, 3.63) is 107 Å². The minimum atomic E-state index is -4.15. The predicted molar refractivity (Wildman–Crippen MR) is 120 cm³/mol. The molecule has 0 saturated heterocycles. The highest BCUT2D eigenvalue weighted by atomic mass is 32.2. The predicted octanol–water partition coefficient (Wildman–Crippen LogP) is 2.99. The molecule has 0 heterocycles. The Balaban J connectivity index is 1.77. The lowest BCUT2D eigenvalue weighted by Crippen LogP contribution is -2.36. The minimum Gasteiger partial charge on any atom is -0.481 e. The van der Waals surface area contributed by atoms with E-state index < -0.39 is 33.3 Å². The third-order valence-electron chi connectivity index (χ3n) is 4.99. The number of hydrogen-bond acceptors (Lipinski definition) is 6. The number of carboxylic acids is 1. The molecule has 0 bridgehead atoms. The highest BCUT2D eigenvalue weighted by Crippen LogP contribution is 2.27. The molecule has 0 aromatic heterocycles. The normalized spacial score (nSPS) is 13.5. The Morgan fingerprint density at radius 1 is 0.758 bits per heavy atom. The van der Waals surface area contributed by atoms with Crippen molar-refractivity contribution < 1.29 is 27.9 Å². The van der Waals surface area contributed by atoms with Gasteiger partial charge in [0.25, 0.3) is 10.0 Å². The van der Waals surface area contributed by atoms with Gasteiger partial charge in [0, 0.05) is 16.8 Å². The molecule has 0 saturated carbocycles. The van der Waals surface area contributed by atoms with Gasteiger partial charge in [0.2, 0.25) is 11.6 Å². The Kier molecular flexibility index (Phi) is 5.80. The van der Waals surface area contributed by atoms with E-state index in [1.807, 2.05) is 0 Å². The van der Waals surface area contributed by atoms with Gasteiger partial charge in [-0.2, -0.15) is 0 Å². The monoisotopic (exact) mass is 462 g/mol. The van der Waals surface area contributed by atoms with Gasteiger partial charge in [-0.05, 0) is 29.8 Å². The highest BCUT2D eigenvalue weighted by molar-refractivity contribution is 7.89. The van der Waals surface area contributed by atoms with E-state index in [1.165, 1.54) is 24.3 Å². The van der Waals surface area contributed by atoms with Crippen molar-refractivity contribution in [2.75, 3.05) is 5.32 Å². The molecule has 4 rings (SSSR count). The van der Waals surface area contributed by atoms with Crippen LogP contribution in [-0.2, 0) is 21.2 Å². The fourth-order valence-electron chi connectivity index (χ4n) is 3.41. The van der Waals surface area contributed by atoms with Crippen LogP contribution in [0.15, 0.2) is 95.2 Å². The van der Waals surface area contributed by atoms with Crippen LogP contribution in [0.4, 0.5) is 5.69 Å². The van der Waals surface area contributed by atoms with Gasteiger partial charge in [-0.15, -0.1) is 0 Å². The summed E-state index contributed by atoms with van der Waals surface area (Å²) in [4.78, 5) is 37.3. The molecular formula is C24H18N2O6S. The molecule has 1 aliphatic carbocycles. The number of carbonyl (C=O) groups is 3. The van der Waals surface area contributed by atoms with E-state index in [0.717, 1.165) is 0 Å². The molecule has 33 heavy (non-hydrogen) atoms. The van der Waals surface area contributed by atoms with Crippen molar-refractivity contribution in [2.45, 2.75) is 11.3 Å². The summed E-state index contributed by atoms with van der Waals surface area (Å²) in [6.45, 7) is 0. The van der Waals surface area contributed by atoms with E-state index in [-0.39, 0.29) is 28.1 Å². The Labute approximate surface area is 189 Å². The second kappa shape index (κ2) is 8.71. The second-order valence-electron chi connectivity index (χ2n) is 7.26. The number of benzene rings is 3. The van der Waals surface area contributed by atoms with E-state index in [1.54, 1.807) is 54.6 Å². The number of rotatable bonds is 7. The summed E-state index contributed by atoms with van der Waals surface area (Å²) in [5, 5.41) is 11.8. The zero-order valence-electron chi connectivity index (χ0n) is 17.1. The fraction of sp³-hybridized carbons (Fsp3) is 0.0417. The van der Waals surface area contributed by atoms with Gasteiger partial charge in [-0.1, -0.05) is 54.6 Å². The van der Waals surface area contributed by atoms with E-state index >= 15 is 0 Å². The SMILES string of the molecule is O=C(O)Cc1ccc(NC2=C(NS(=O)(=O)c3ccccc3)C(=O)c3ccccc3C2=O)cc1. The minimum absolute atomic E-state index is 0.0611. The number of carbonyl (C=O) groups excluding carboxylic acids is 2. The van der Waals surface area contributed by atoms with Crippen LogP contribution in [0.3, 0.4) is 0 Å². The number of aliphatic carboxylic acids is 1. The summed E-state index contributed by atoms with van der Waals surface area (Å²) in [6, 6.07) is 19.9. The maximum atomic E-state index is 13.2. The highest BCUT2D eigenvalue weighted by Gasteiger charge is 2.34. The summed E-state index contributed by atoms with van der Waals surface area (Å²) in [6.07, 6.45) is -0.171. The number of carboxylic acid groups (broad SMARTS) is 1. The van der Waals surface area contributed by atoms with Crippen LogP contribution in [0.5, 0.6) is 0 Å². The first-order valence-corrected chi connectivity index (χ1v) is 11.3. The quantitative estimate of drug-likeness (QED) is 0.492. The summed E-state index contributed by atoms with van der Waals surface area (Å²) in [5.74, 6) is -2.18. The maximum Gasteiger partial charge on any atom is 0.307 e. The summed E-state index contributed by atoms with van der Waals surface area (Å²) >= 11 is 0. The molecule has 0 atom stereocenters. The fourth-order valence-corrected chi connectivity index (χ4v) is 4.51. The van der Waals surface area contributed by atoms with E-state index in [0.29, 0.717) is 11.3 Å². The van der Waals surface area contributed by atoms with Crippen LogP contribution >= 0.6 is 0 Å². The van der Waals surface area contributed by atoms with Crippen LogP contribution in [0.2, 0.25) is 0 Å². The number of anilines is 1. The number of ketones is 2. The van der Waals surface area contributed by atoms with Crippen LogP contribution in [0.1, 0.15) is 26.3 Å². The molecule has 3 aromatic carbocycles. The topological polar surface area (TPSA) is 130 Å². The molecule has 8 nitrogen and oxygen atoms in total. The number of nitrogens with one attached hydrogen (secondary N) is 2. The largest absolute Gasteiger partial charge is 0.481 e. The van der Waals surface area contributed by atoms with Crippen LogP contribution in [-0.4, -0.2) is 31.1 Å². The van der Waals surface area contributed by atoms with Crippen molar-refractivity contribution in [3.8, 4) is 0 Å². The lowest BCUT2D eigenvalue weighted by atomic mass is 9.90. The summed E-state index contributed by atoms with van der Waals surface area (Å²) < 4.78 is 28.1. The molecule has 0 amide bonds. The van der Waals surface area contributed by atoms with E-state index in [4.69, 9.17) is 5.11 Å². The molecule has 0 fully saturated rings. The number of Topliss-reactive ketones (excluding diaryl/α,β-unsaturated/α-hetero) is 2. The van der Waals surface area contributed by atoms with Crippen molar-refractivity contribution in [1.82, 2.24) is 4.72 Å². The number of sulfonamides is 1. The molecule has 3 aromatic rings. The van der Waals surface area contributed by atoms with Crippen molar-refractivity contribution in [2.24, 2.45) is 0 Å². The van der Waals surface area contributed by atoms with Gasteiger partial charge >= 0.3 is 5.97 Å². The zero-order valence-corrected chi connectivity index (χ0v) is 17.9. The Morgan fingerprint density at radius 2 is 1.30 bits per heavy atom. The van der Waals surface area contributed by atoms with Gasteiger partial charge in [0.15, 0.2) is 0 Å². The van der Waals surface area contributed by atoms with Crippen molar-refractivity contribution in [1.29, 1.82) is 0 Å². The first-order chi connectivity index (χ1) is 15.8. The average molecular weight is 462 g/mol. The number of allylic oxidation sites excluding steroid dienone is 2. The van der Waals surface area contributed by atoms with Crippen molar-refractivity contribution >= 4 is 33.2 Å². The molecule has 9 heteroatoms. The first-order valence-electron chi connectivity index (χ1n) is 9.84. The zero-order chi connectivity index (χ0) is 23.6. The first kappa shape index (κ1) is 22.0. The number of fused-ring (bicyclic) bond motifs is 1. The van der Waals surface area contributed by atoms with Gasteiger partial charge in [-0.3, -0.25) is 19.1 Å². The Hall–Kier alpha value is -4.24. The summed E-state index contributed by atoms with van der Waals surface area (Å²) in [7, 11) is -4.15. The van der Waals surface area contributed by atoms with Crippen LogP contribution < -0.4 is 10.0 Å². The average Bonchev–Trinajstić information content (AvgIpc) is 2.81. The molecular weight excluding hydrogens is 444 g/mol. The molecule has 166 valence electrons. The molecule has 3 N–H and O–H groups in total. The third-order valence-corrected chi connectivity index (χ3v) is 6.35. The molecule has 0 aliphatic heterocycles. The number of hydrogen-bond donors (Lipinski definition) is 3. The second-order valence-corrected chi connectivity index (χ2v) is 8.95. The maximum absolute atomic E-state index is 13.2. The molecule has 0 radical (unpaired) electrons. The van der Waals surface area contributed by atoms with Crippen LogP contribution in [0.25, 0.3) is 0 Å². The van der Waals surface area contributed by atoms with Gasteiger partial charge in [0.1, 0.15) is 11.4 Å². The standard InChI is InChI=1S/C24H18N2O6S/c27-20(28)14-15-10-12-16(13-11-15)25-21-22(26-33(31,32)17-6-2-1-3-7-17)24(30)19-9-5-4-8-18(19)23(21)29/h1-13,25-26H,14H2,(H,27,28). The van der Waals surface area contributed by atoms with Gasteiger partial charge in [-0.25, -0.2) is 8.42 Å². The smallest absolute Gasteiger partial charge is 0.307 e. The summed E-state index contributed by atoms with van der Waals surface area (Å²) in [5.41, 5.74) is 0.562. The van der Waals surface area contributed by atoms with Crippen LogP contribution in [0, 0.1) is 0 Å². The van der Waals surface area contributed by atoms with Gasteiger partial charge in [0.05, 0.1) is 11.3 Å². The third kappa shape index (κ3) is 4.53. The van der Waals surface area contributed by atoms with Crippen molar-refractivity contribution in [3.63, 3.8) is 0 Å². The van der Waals surface area contributed by atoms with Gasteiger partial charge < -0.3 is 10.4 Å². The Bertz CT molecular complexity index is 1390. The lowest BCUT2D eigenvalue weighted by Gasteiger charge is -2.23. The molecule has 1 aliphatic rings. The van der Waals surface area contributed by atoms with E-state index in [9.17, 15) is 22.8 Å². The lowest BCUT2D eigenvalue weighted by molar-refractivity contribution is -0.136. The van der Waals surface area contributed by atoms with E-state index in [2.05, 4.69) is 10.0 Å².